The number of amides is 1. The number of hydrogen-bond donors (Lipinski definition) is 2. The van der Waals surface area contributed by atoms with Gasteiger partial charge in [-0.1, -0.05) is 6.92 Å². The second-order valence-electron chi connectivity index (χ2n) is 4.05. The van der Waals surface area contributed by atoms with Crippen LogP contribution in [0.15, 0.2) is 16.6 Å². The van der Waals surface area contributed by atoms with E-state index in [2.05, 4.69) is 21.2 Å². The number of benzene rings is 1. The lowest BCUT2D eigenvalue weighted by molar-refractivity contribution is -0.119. The molecule has 1 atom stereocenters. The van der Waals surface area contributed by atoms with Gasteiger partial charge in [0.25, 0.3) is 0 Å². The van der Waals surface area contributed by atoms with Gasteiger partial charge in [-0.05, 0) is 53.5 Å². The zero-order valence-electron chi connectivity index (χ0n) is 9.89. The van der Waals surface area contributed by atoms with E-state index in [0.29, 0.717) is 23.1 Å². The summed E-state index contributed by atoms with van der Waals surface area (Å²) in [6, 6.07) is 2.95. The van der Waals surface area contributed by atoms with E-state index in [-0.39, 0.29) is 11.8 Å². The number of nitrogens with two attached hydrogens (primary N) is 1. The Morgan fingerprint density at radius 3 is 2.82 bits per heavy atom. The molecule has 94 valence electrons. The molecule has 5 heteroatoms. The molecule has 0 aliphatic carbocycles. The van der Waals surface area contributed by atoms with Gasteiger partial charge >= 0.3 is 0 Å². The third-order valence-electron chi connectivity index (χ3n) is 2.57. The van der Waals surface area contributed by atoms with Gasteiger partial charge < -0.3 is 11.1 Å². The molecule has 0 heterocycles. The number of carbonyl (C=O) groups excluding carboxylic acids is 1. The van der Waals surface area contributed by atoms with Gasteiger partial charge in [0, 0.05) is 11.6 Å². The summed E-state index contributed by atoms with van der Waals surface area (Å²) in [7, 11) is 0. The Kier molecular flexibility index (Phi) is 5.08. The van der Waals surface area contributed by atoms with E-state index in [0.717, 1.165) is 5.56 Å². The smallest absolute Gasteiger partial charge is 0.227 e. The van der Waals surface area contributed by atoms with Crippen LogP contribution >= 0.6 is 15.9 Å². The number of rotatable bonds is 4. The van der Waals surface area contributed by atoms with E-state index >= 15 is 0 Å². The highest BCUT2D eigenvalue weighted by Gasteiger charge is 2.14. The van der Waals surface area contributed by atoms with Crippen LogP contribution in [0, 0.1) is 18.7 Å². The van der Waals surface area contributed by atoms with Crippen molar-refractivity contribution in [2.75, 3.05) is 11.9 Å². The molecule has 0 aromatic heterocycles. The molecule has 1 rings (SSSR count). The van der Waals surface area contributed by atoms with Crippen molar-refractivity contribution >= 4 is 27.5 Å². The van der Waals surface area contributed by atoms with E-state index in [9.17, 15) is 9.18 Å². The van der Waals surface area contributed by atoms with Crippen LogP contribution in [0.2, 0.25) is 0 Å². The number of aryl methyl sites for hydroxylation is 1. The van der Waals surface area contributed by atoms with Crippen LogP contribution in [-0.2, 0) is 4.79 Å². The quantitative estimate of drug-likeness (QED) is 0.898. The van der Waals surface area contributed by atoms with Gasteiger partial charge in [-0.3, -0.25) is 4.79 Å². The zero-order chi connectivity index (χ0) is 13.0. The molecule has 1 aromatic carbocycles. The van der Waals surface area contributed by atoms with Crippen LogP contribution in [0.25, 0.3) is 0 Å². The van der Waals surface area contributed by atoms with E-state index in [1.54, 1.807) is 13.0 Å². The summed E-state index contributed by atoms with van der Waals surface area (Å²) in [5.74, 6) is -0.705. The number of hydrogen-bond acceptors (Lipinski definition) is 2. The first kappa shape index (κ1) is 14.1. The highest BCUT2D eigenvalue weighted by Crippen LogP contribution is 2.24. The van der Waals surface area contributed by atoms with Crippen LogP contribution in [0.4, 0.5) is 10.1 Å². The summed E-state index contributed by atoms with van der Waals surface area (Å²) < 4.78 is 13.7. The van der Waals surface area contributed by atoms with Gasteiger partial charge in [0.1, 0.15) is 5.82 Å². The van der Waals surface area contributed by atoms with Gasteiger partial charge in [0.2, 0.25) is 5.91 Å². The van der Waals surface area contributed by atoms with Crippen molar-refractivity contribution in [1.82, 2.24) is 0 Å². The van der Waals surface area contributed by atoms with Crippen LogP contribution in [0.5, 0.6) is 0 Å². The van der Waals surface area contributed by atoms with Gasteiger partial charge in [0.15, 0.2) is 0 Å². The fraction of sp³-hybridized carbons (Fsp3) is 0.417. The first-order valence-corrected chi connectivity index (χ1v) is 6.21. The Hall–Kier alpha value is -0.940. The average Bonchev–Trinajstić information content (AvgIpc) is 2.26. The molecule has 3 nitrogen and oxygen atoms in total. The standard InChI is InChI=1S/C12H16BrFN2O/c1-7(3-4-15)12(17)16-11-6-10(14)9(13)5-8(11)2/h5-7H,3-4,15H2,1-2H3,(H,16,17). The minimum atomic E-state index is -0.391. The molecule has 0 saturated heterocycles. The van der Waals surface area contributed by atoms with Crippen LogP contribution < -0.4 is 11.1 Å². The third kappa shape index (κ3) is 3.78. The van der Waals surface area contributed by atoms with Crippen molar-refractivity contribution in [3.05, 3.63) is 28.0 Å². The summed E-state index contributed by atoms with van der Waals surface area (Å²) in [6.07, 6.45) is 0.615. The minimum absolute atomic E-state index is 0.139. The monoisotopic (exact) mass is 302 g/mol. The highest BCUT2D eigenvalue weighted by molar-refractivity contribution is 9.10. The van der Waals surface area contributed by atoms with E-state index in [1.165, 1.54) is 6.07 Å². The maximum atomic E-state index is 13.3. The molecule has 0 spiro atoms. The lowest BCUT2D eigenvalue weighted by atomic mass is 10.1. The Morgan fingerprint density at radius 2 is 2.24 bits per heavy atom. The number of nitrogens with one attached hydrogen (secondary N) is 1. The maximum Gasteiger partial charge on any atom is 0.227 e. The molecular formula is C12H16BrFN2O. The first-order chi connectivity index (χ1) is 7.95. The SMILES string of the molecule is Cc1cc(Br)c(F)cc1NC(=O)C(C)CCN. The normalized spacial score (nSPS) is 12.3. The van der Waals surface area contributed by atoms with Crippen molar-refractivity contribution in [1.29, 1.82) is 0 Å². The van der Waals surface area contributed by atoms with Gasteiger partial charge in [-0.15, -0.1) is 0 Å². The molecule has 1 aromatic rings. The third-order valence-corrected chi connectivity index (χ3v) is 3.18. The van der Waals surface area contributed by atoms with Crippen LogP contribution in [0.1, 0.15) is 18.9 Å². The second kappa shape index (κ2) is 6.12. The number of anilines is 1. The van der Waals surface area contributed by atoms with Gasteiger partial charge in [-0.2, -0.15) is 0 Å². The minimum Gasteiger partial charge on any atom is -0.330 e. The first-order valence-electron chi connectivity index (χ1n) is 5.42. The summed E-state index contributed by atoms with van der Waals surface area (Å²) in [5, 5.41) is 2.71. The Balaban J connectivity index is 2.81. The zero-order valence-corrected chi connectivity index (χ0v) is 11.5. The number of halogens is 2. The Morgan fingerprint density at radius 1 is 1.59 bits per heavy atom. The van der Waals surface area contributed by atoms with Crippen molar-refractivity contribution in [3.8, 4) is 0 Å². The van der Waals surface area contributed by atoms with Crippen LogP contribution in [-0.4, -0.2) is 12.5 Å². The van der Waals surface area contributed by atoms with E-state index in [1.807, 2.05) is 6.92 Å². The topological polar surface area (TPSA) is 55.1 Å². The predicted molar refractivity (Wildman–Crippen MR) is 70.3 cm³/mol. The molecular weight excluding hydrogens is 287 g/mol. The molecule has 17 heavy (non-hydrogen) atoms. The molecule has 0 saturated carbocycles. The molecule has 0 fully saturated rings. The Bertz CT molecular complexity index is 423. The van der Waals surface area contributed by atoms with E-state index < -0.39 is 5.82 Å². The molecule has 0 bridgehead atoms. The fourth-order valence-corrected chi connectivity index (χ4v) is 1.88. The van der Waals surface area contributed by atoms with Crippen molar-refractivity contribution in [2.24, 2.45) is 11.7 Å². The molecule has 3 N–H and O–H groups in total. The number of carbonyl (C=O) groups is 1. The maximum absolute atomic E-state index is 13.3. The van der Waals surface area contributed by atoms with Crippen molar-refractivity contribution < 1.29 is 9.18 Å². The molecule has 1 unspecified atom stereocenters. The van der Waals surface area contributed by atoms with E-state index in [4.69, 9.17) is 5.73 Å². The van der Waals surface area contributed by atoms with Gasteiger partial charge in [-0.25, -0.2) is 4.39 Å². The lowest BCUT2D eigenvalue weighted by Crippen LogP contribution is -2.23. The predicted octanol–water partition coefficient (Wildman–Crippen LogP) is 2.82. The summed E-state index contributed by atoms with van der Waals surface area (Å²) in [5.41, 5.74) is 6.70. The van der Waals surface area contributed by atoms with Gasteiger partial charge in [0.05, 0.1) is 4.47 Å². The highest BCUT2D eigenvalue weighted by atomic mass is 79.9. The summed E-state index contributed by atoms with van der Waals surface area (Å²) in [6.45, 7) is 4.07. The average molecular weight is 303 g/mol. The molecule has 0 aliphatic rings. The van der Waals surface area contributed by atoms with Crippen molar-refractivity contribution in [3.63, 3.8) is 0 Å². The Labute approximate surface area is 109 Å². The van der Waals surface area contributed by atoms with Crippen molar-refractivity contribution in [2.45, 2.75) is 20.3 Å². The molecule has 0 aliphatic heterocycles. The lowest BCUT2D eigenvalue weighted by Gasteiger charge is -2.13. The molecule has 0 radical (unpaired) electrons. The fourth-order valence-electron chi connectivity index (χ4n) is 1.42. The summed E-state index contributed by atoms with van der Waals surface area (Å²) >= 11 is 3.10. The second-order valence-corrected chi connectivity index (χ2v) is 4.90. The van der Waals surface area contributed by atoms with Crippen LogP contribution in [0.3, 0.4) is 0 Å². The molecule has 1 amide bonds. The summed E-state index contributed by atoms with van der Waals surface area (Å²) in [4.78, 5) is 11.7. The largest absolute Gasteiger partial charge is 0.330 e.